The van der Waals surface area contributed by atoms with E-state index in [2.05, 4.69) is 0 Å². The van der Waals surface area contributed by atoms with Crippen molar-refractivity contribution in [3.63, 3.8) is 0 Å². The molecule has 18 nitrogen and oxygen atoms in total. The number of ether oxygens (including phenoxy) is 4. The minimum atomic E-state index is -1.94. The predicted molar refractivity (Wildman–Crippen MR) is 146 cm³/mol. The summed E-state index contributed by atoms with van der Waals surface area (Å²) in [5.74, 6) is -1.08. The van der Waals surface area contributed by atoms with E-state index in [9.17, 15) is 61.0 Å². The zero-order valence-electron chi connectivity index (χ0n) is 24.3. The van der Waals surface area contributed by atoms with E-state index >= 15 is 0 Å². The minimum absolute atomic E-state index is 0.102. The molecule has 2 aliphatic rings. The molecule has 2 fully saturated rings. The molecule has 1 aromatic rings. The van der Waals surface area contributed by atoms with Crippen LogP contribution in [0.15, 0.2) is 24.3 Å². The van der Waals surface area contributed by atoms with Crippen LogP contribution in [0.2, 0.25) is 0 Å². The second kappa shape index (κ2) is 16.7. The fraction of sp³-hybridized carbons (Fsp3) is 0.741. The molecule has 1 unspecified atom stereocenters. The van der Waals surface area contributed by atoms with E-state index < -0.39 is 112 Å². The number of rotatable bonds is 15. The Bertz CT molecular complexity index is 1050. The SMILES string of the molecule is CN(Cc1ccc(C(=O)O)cc1)CC(O)[C@@H](O)[C@H](O)[C@H](O)CO[C@@H]1O[C@H](CO[C@@H]2O[C@H](CO)[C@@H](O)[C@H](O)[C@H]2O)[C@@H](O)[C@H](O)[C@H]1O. The molecule has 14 atom stereocenters. The fourth-order valence-electron chi connectivity index (χ4n) is 4.89. The molecule has 1 aromatic carbocycles. The van der Waals surface area contributed by atoms with Gasteiger partial charge in [-0.05, 0) is 24.7 Å². The van der Waals surface area contributed by atoms with Crippen molar-refractivity contribution in [2.75, 3.05) is 33.4 Å². The second-order valence-corrected chi connectivity index (χ2v) is 11.2. The number of aromatic carboxylic acids is 1. The average molecular weight is 654 g/mol. The number of benzene rings is 1. The summed E-state index contributed by atoms with van der Waals surface area (Å²) in [5.41, 5.74) is 0.818. The Hall–Kier alpha value is -1.95. The van der Waals surface area contributed by atoms with Gasteiger partial charge in [-0.3, -0.25) is 4.90 Å². The van der Waals surface area contributed by atoms with E-state index in [1.165, 1.54) is 12.1 Å². The highest BCUT2D eigenvalue weighted by atomic mass is 16.7. The van der Waals surface area contributed by atoms with Crippen LogP contribution in [-0.2, 0) is 25.5 Å². The Morgan fingerprint density at radius 3 is 1.84 bits per heavy atom. The van der Waals surface area contributed by atoms with Crippen molar-refractivity contribution in [3.05, 3.63) is 35.4 Å². The van der Waals surface area contributed by atoms with Gasteiger partial charge < -0.3 is 80.2 Å². The molecule has 12 N–H and O–H groups in total. The van der Waals surface area contributed by atoms with Gasteiger partial charge in [0.2, 0.25) is 0 Å². The van der Waals surface area contributed by atoms with Crippen molar-refractivity contribution in [2.24, 2.45) is 0 Å². The lowest BCUT2D eigenvalue weighted by atomic mass is 9.98. The third-order valence-corrected chi connectivity index (χ3v) is 7.66. The molecule has 0 amide bonds. The normalized spacial score (nSPS) is 35.1. The average Bonchev–Trinajstić information content (AvgIpc) is 3.01. The minimum Gasteiger partial charge on any atom is -0.478 e. The molecule has 0 bridgehead atoms. The third kappa shape index (κ3) is 9.55. The first-order valence-corrected chi connectivity index (χ1v) is 14.1. The summed E-state index contributed by atoms with van der Waals surface area (Å²) in [5, 5.41) is 121. The van der Waals surface area contributed by atoms with Crippen LogP contribution in [0.1, 0.15) is 15.9 Å². The summed E-state index contributed by atoms with van der Waals surface area (Å²) in [4.78, 5) is 12.6. The fourth-order valence-corrected chi connectivity index (χ4v) is 4.89. The maximum absolute atomic E-state index is 11.0. The quantitative estimate of drug-likeness (QED) is 0.0838. The van der Waals surface area contributed by atoms with Crippen molar-refractivity contribution >= 4 is 5.97 Å². The summed E-state index contributed by atoms with van der Waals surface area (Å²) in [7, 11) is 1.60. The standard InChI is InChI=1S/C27H43NO17/c1-28(6-11-2-4-12(5-3-11)25(40)41)7-13(30)17(32)18(33)14(31)9-42-26-24(39)22(37)20(35)16(45-26)10-43-27-23(38)21(36)19(34)15(8-29)44-27/h2-5,13-24,26-27,29-39H,6-10H2,1H3,(H,40,41)/t13?,14-,15-,16-,17-,18-,19-,20-,21+,22+,23-,24-,26-,27-/m1/s1. The largest absolute Gasteiger partial charge is 0.478 e. The van der Waals surface area contributed by atoms with E-state index in [4.69, 9.17) is 24.1 Å². The van der Waals surface area contributed by atoms with Crippen LogP contribution in [-0.4, -0.2) is 191 Å². The van der Waals surface area contributed by atoms with Gasteiger partial charge >= 0.3 is 5.97 Å². The Morgan fingerprint density at radius 2 is 1.29 bits per heavy atom. The maximum atomic E-state index is 11.0. The van der Waals surface area contributed by atoms with Crippen LogP contribution >= 0.6 is 0 Å². The Kier molecular flexibility index (Phi) is 14.0. The van der Waals surface area contributed by atoms with E-state index in [0.29, 0.717) is 5.56 Å². The second-order valence-electron chi connectivity index (χ2n) is 11.2. The number of aliphatic hydroxyl groups excluding tert-OH is 11. The highest BCUT2D eigenvalue weighted by molar-refractivity contribution is 5.87. The summed E-state index contributed by atoms with van der Waals surface area (Å²) < 4.78 is 21.2. The van der Waals surface area contributed by atoms with Gasteiger partial charge in [-0.25, -0.2) is 4.79 Å². The van der Waals surface area contributed by atoms with Crippen molar-refractivity contribution < 1.29 is 85.0 Å². The summed E-state index contributed by atoms with van der Waals surface area (Å²) >= 11 is 0. The number of aliphatic hydroxyl groups is 11. The molecular weight excluding hydrogens is 610 g/mol. The Labute approximate surface area is 257 Å². The first kappa shape index (κ1) is 37.5. The molecule has 18 heteroatoms. The first-order valence-electron chi connectivity index (χ1n) is 14.1. The van der Waals surface area contributed by atoms with Gasteiger partial charge in [0, 0.05) is 13.1 Å². The molecule has 0 aromatic heterocycles. The van der Waals surface area contributed by atoms with Crippen LogP contribution in [0.3, 0.4) is 0 Å². The van der Waals surface area contributed by atoms with Gasteiger partial charge in [0.05, 0.1) is 31.5 Å². The highest BCUT2D eigenvalue weighted by Crippen LogP contribution is 2.26. The van der Waals surface area contributed by atoms with Crippen LogP contribution in [0, 0.1) is 0 Å². The molecule has 0 aliphatic carbocycles. The highest BCUT2D eigenvalue weighted by Gasteiger charge is 2.47. The Balaban J connectivity index is 1.49. The molecule has 3 rings (SSSR count). The molecule has 2 heterocycles. The zero-order chi connectivity index (χ0) is 33.6. The molecule has 0 radical (unpaired) electrons. The van der Waals surface area contributed by atoms with Crippen LogP contribution < -0.4 is 0 Å². The molecule has 0 spiro atoms. The summed E-state index contributed by atoms with van der Waals surface area (Å²) in [6.07, 6.45) is -23.7. The van der Waals surface area contributed by atoms with Crippen molar-refractivity contribution in [2.45, 2.75) is 92.4 Å². The van der Waals surface area contributed by atoms with E-state index in [1.807, 2.05) is 0 Å². The number of hydrogen-bond acceptors (Lipinski definition) is 17. The van der Waals surface area contributed by atoms with Crippen LogP contribution in [0.25, 0.3) is 0 Å². The lowest BCUT2D eigenvalue weighted by Crippen LogP contribution is -2.62. The lowest BCUT2D eigenvalue weighted by Gasteiger charge is -2.42. The van der Waals surface area contributed by atoms with E-state index in [0.717, 1.165) is 0 Å². The van der Waals surface area contributed by atoms with Gasteiger partial charge in [0.1, 0.15) is 67.1 Å². The number of carbonyl (C=O) groups is 1. The maximum Gasteiger partial charge on any atom is 0.335 e. The molecule has 2 aliphatic heterocycles. The number of carboxylic acids is 1. The van der Waals surface area contributed by atoms with Crippen molar-refractivity contribution in [1.29, 1.82) is 0 Å². The monoisotopic (exact) mass is 653 g/mol. The molecule has 2 saturated heterocycles. The van der Waals surface area contributed by atoms with Crippen molar-refractivity contribution in [1.82, 2.24) is 4.90 Å². The van der Waals surface area contributed by atoms with Gasteiger partial charge in [-0.1, -0.05) is 12.1 Å². The predicted octanol–water partition coefficient (Wildman–Crippen LogP) is -6.10. The zero-order valence-corrected chi connectivity index (χ0v) is 24.3. The van der Waals surface area contributed by atoms with Gasteiger partial charge in [-0.15, -0.1) is 0 Å². The first-order chi connectivity index (χ1) is 21.2. The molecule has 258 valence electrons. The lowest BCUT2D eigenvalue weighted by molar-refractivity contribution is -0.333. The van der Waals surface area contributed by atoms with Gasteiger partial charge in [0.15, 0.2) is 12.6 Å². The molecular formula is C27H43NO17. The topological polar surface area (TPSA) is 300 Å². The number of hydrogen-bond donors (Lipinski definition) is 12. The Morgan fingerprint density at radius 1 is 0.778 bits per heavy atom. The van der Waals surface area contributed by atoms with Crippen molar-refractivity contribution in [3.8, 4) is 0 Å². The molecule has 0 saturated carbocycles. The third-order valence-electron chi connectivity index (χ3n) is 7.66. The number of likely N-dealkylation sites (N-methyl/N-ethyl adjacent to an activating group) is 1. The van der Waals surface area contributed by atoms with E-state index in [1.54, 1.807) is 24.1 Å². The number of carboxylic acid groups (broad SMARTS) is 1. The summed E-state index contributed by atoms with van der Waals surface area (Å²) in [6, 6.07) is 6.00. The van der Waals surface area contributed by atoms with Crippen LogP contribution in [0.5, 0.6) is 0 Å². The van der Waals surface area contributed by atoms with Gasteiger partial charge in [-0.2, -0.15) is 0 Å². The molecule has 45 heavy (non-hydrogen) atoms. The number of nitrogens with zero attached hydrogens (tertiary/aromatic N) is 1. The van der Waals surface area contributed by atoms with Crippen LogP contribution in [0.4, 0.5) is 0 Å². The summed E-state index contributed by atoms with van der Waals surface area (Å²) in [6.45, 7) is -1.99. The smallest absolute Gasteiger partial charge is 0.335 e. The van der Waals surface area contributed by atoms with E-state index in [-0.39, 0.29) is 18.7 Å². The van der Waals surface area contributed by atoms with Gasteiger partial charge in [0.25, 0.3) is 0 Å².